The zero-order valence-electron chi connectivity index (χ0n) is 16.8. The monoisotopic (exact) mass is 490 g/mol. The maximum Gasteiger partial charge on any atom is 0.337 e. The molecule has 0 aromatic heterocycles. The fourth-order valence-electron chi connectivity index (χ4n) is 3.16. The van der Waals surface area contributed by atoms with E-state index in [0.29, 0.717) is 16.8 Å². The molecule has 0 radical (unpaired) electrons. The Morgan fingerprint density at radius 1 is 1.07 bits per heavy atom. The van der Waals surface area contributed by atoms with Crippen molar-refractivity contribution in [2.75, 3.05) is 50.6 Å². The van der Waals surface area contributed by atoms with E-state index in [-0.39, 0.29) is 11.0 Å². The van der Waals surface area contributed by atoms with Crippen LogP contribution in [-0.2, 0) is 4.74 Å². The number of carbonyl (C=O) groups excluding carboxylic acids is 2. The van der Waals surface area contributed by atoms with Crippen LogP contribution in [0.3, 0.4) is 0 Å². The van der Waals surface area contributed by atoms with Gasteiger partial charge >= 0.3 is 5.97 Å². The van der Waals surface area contributed by atoms with Crippen LogP contribution < -0.4 is 15.5 Å². The topological polar surface area (TPSA) is 73.9 Å². The fourth-order valence-corrected chi connectivity index (χ4v) is 3.76. The maximum atomic E-state index is 12.5. The molecule has 0 bridgehead atoms. The zero-order chi connectivity index (χ0) is 21.7. The standard InChI is InChI=1S/C21H23BrN4O3S/c1-25-8-10-26(11-9-25)18-7-6-15(20(28)29-2)13-17(18)23-21(30)24-19(27)14-4-3-5-16(22)12-14/h3-7,12-13H,8-11H2,1-2H3,(H2,23,24,27,30). The molecular formula is C21H23BrN4O3S. The number of nitrogens with zero attached hydrogens (tertiary/aromatic N) is 2. The van der Waals surface area contributed by atoms with Gasteiger partial charge in [0.15, 0.2) is 5.11 Å². The summed E-state index contributed by atoms with van der Waals surface area (Å²) < 4.78 is 5.64. The molecule has 0 spiro atoms. The Hall–Kier alpha value is -2.49. The van der Waals surface area contributed by atoms with Crippen molar-refractivity contribution in [3.63, 3.8) is 0 Å². The molecule has 0 saturated carbocycles. The van der Waals surface area contributed by atoms with Crippen molar-refractivity contribution in [1.82, 2.24) is 10.2 Å². The van der Waals surface area contributed by atoms with E-state index in [1.54, 1.807) is 30.3 Å². The van der Waals surface area contributed by atoms with Gasteiger partial charge in [-0.3, -0.25) is 10.1 Å². The molecule has 1 amide bonds. The number of ether oxygens (including phenoxy) is 1. The van der Waals surface area contributed by atoms with Gasteiger partial charge in [-0.15, -0.1) is 0 Å². The summed E-state index contributed by atoms with van der Waals surface area (Å²) in [6, 6.07) is 12.3. The number of amides is 1. The lowest BCUT2D eigenvalue weighted by atomic mass is 10.1. The zero-order valence-corrected chi connectivity index (χ0v) is 19.2. The minimum absolute atomic E-state index is 0.150. The number of hydrogen-bond acceptors (Lipinski definition) is 6. The molecular weight excluding hydrogens is 468 g/mol. The molecule has 2 N–H and O–H groups in total. The molecule has 0 aliphatic carbocycles. The molecule has 158 valence electrons. The van der Waals surface area contributed by atoms with Crippen LogP contribution in [0.1, 0.15) is 20.7 Å². The van der Waals surface area contributed by atoms with E-state index >= 15 is 0 Å². The van der Waals surface area contributed by atoms with E-state index in [2.05, 4.69) is 43.4 Å². The Morgan fingerprint density at radius 2 is 1.80 bits per heavy atom. The third-order valence-corrected chi connectivity index (χ3v) is 5.52. The van der Waals surface area contributed by atoms with Gasteiger partial charge in [-0.05, 0) is 55.7 Å². The van der Waals surface area contributed by atoms with E-state index in [0.717, 1.165) is 36.3 Å². The average Bonchev–Trinajstić information content (AvgIpc) is 2.73. The van der Waals surface area contributed by atoms with E-state index in [1.165, 1.54) is 7.11 Å². The van der Waals surface area contributed by atoms with Gasteiger partial charge < -0.3 is 19.9 Å². The minimum atomic E-state index is -0.438. The maximum absolute atomic E-state index is 12.5. The Balaban J connectivity index is 1.80. The number of esters is 1. The molecule has 3 rings (SSSR count). The van der Waals surface area contributed by atoms with Crippen molar-refractivity contribution >= 4 is 56.5 Å². The van der Waals surface area contributed by atoms with Gasteiger partial charge in [0.25, 0.3) is 5.91 Å². The number of anilines is 2. The van der Waals surface area contributed by atoms with Gasteiger partial charge in [-0.1, -0.05) is 22.0 Å². The predicted molar refractivity (Wildman–Crippen MR) is 125 cm³/mol. The summed E-state index contributed by atoms with van der Waals surface area (Å²) in [7, 11) is 3.43. The Bertz CT molecular complexity index is 961. The van der Waals surface area contributed by atoms with Gasteiger partial charge in [0.05, 0.1) is 24.0 Å². The van der Waals surface area contributed by atoms with Crippen LogP contribution in [0.25, 0.3) is 0 Å². The van der Waals surface area contributed by atoms with E-state index in [4.69, 9.17) is 17.0 Å². The van der Waals surface area contributed by atoms with Crippen LogP contribution >= 0.6 is 28.1 Å². The molecule has 1 heterocycles. The molecule has 1 aliphatic rings. The van der Waals surface area contributed by atoms with Crippen LogP contribution in [0.15, 0.2) is 46.9 Å². The quantitative estimate of drug-likeness (QED) is 0.503. The number of rotatable bonds is 4. The molecule has 0 atom stereocenters. The number of nitrogens with one attached hydrogen (secondary N) is 2. The first-order valence-electron chi connectivity index (χ1n) is 9.41. The van der Waals surface area contributed by atoms with Gasteiger partial charge in [0, 0.05) is 36.2 Å². The number of likely N-dealkylation sites (N-methyl/N-ethyl adjacent to an activating group) is 1. The van der Waals surface area contributed by atoms with Gasteiger partial charge in [0.2, 0.25) is 0 Å². The number of benzene rings is 2. The molecule has 30 heavy (non-hydrogen) atoms. The molecule has 2 aromatic rings. The summed E-state index contributed by atoms with van der Waals surface area (Å²) in [5, 5.41) is 5.92. The largest absolute Gasteiger partial charge is 0.465 e. The highest BCUT2D eigenvalue weighted by Crippen LogP contribution is 2.28. The molecule has 1 saturated heterocycles. The summed E-state index contributed by atoms with van der Waals surface area (Å²) in [5.41, 5.74) is 2.44. The van der Waals surface area contributed by atoms with Crippen molar-refractivity contribution in [1.29, 1.82) is 0 Å². The molecule has 1 fully saturated rings. The van der Waals surface area contributed by atoms with E-state index in [9.17, 15) is 9.59 Å². The van der Waals surface area contributed by atoms with Crippen LogP contribution in [0.5, 0.6) is 0 Å². The normalized spacial score (nSPS) is 14.2. The number of halogens is 1. The SMILES string of the molecule is COC(=O)c1ccc(N2CCN(C)CC2)c(NC(=S)NC(=O)c2cccc(Br)c2)c1. The number of thiocarbonyl (C=S) groups is 1. The lowest BCUT2D eigenvalue weighted by molar-refractivity contribution is 0.0600. The van der Waals surface area contributed by atoms with Crippen LogP contribution in [-0.4, -0.2) is 62.2 Å². The number of piperazine rings is 1. The lowest BCUT2D eigenvalue weighted by Gasteiger charge is -2.35. The Labute approximate surface area is 189 Å². The second-order valence-electron chi connectivity index (χ2n) is 6.93. The summed E-state index contributed by atoms with van der Waals surface area (Å²) in [6.45, 7) is 3.56. The highest BCUT2D eigenvalue weighted by molar-refractivity contribution is 9.10. The first-order valence-corrected chi connectivity index (χ1v) is 10.6. The van der Waals surface area contributed by atoms with Crippen LogP contribution in [0.2, 0.25) is 0 Å². The summed E-state index contributed by atoms with van der Waals surface area (Å²) in [6.07, 6.45) is 0. The first-order chi connectivity index (χ1) is 14.4. The molecule has 2 aromatic carbocycles. The average molecular weight is 491 g/mol. The molecule has 0 unspecified atom stereocenters. The third-order valence-electron chi connectivity index (χ3n) is 4.82. The third kappa shape index (κ3) is 5.56. The Kier molecular flexibility index (Phi) is 7.41. The summed E-state index contributed by atoms with van der Waals surface area (Å²) in [4.78, 5) is 29.0. The smallest absolute Gasteiger partial charge is 0.337 e. The van der Waals surface area contributed by atoms with Gasteiger partial charge in [0.1, 0.15) is 0 Å². The molecule has 7 nitrogen and oxygen atoms in total. The molecule has 9 heteroatoms. The van der Waals surface area contributed by atoms with Crippen molar-refractivity contribution < 1.29 is 14.3 Å². The Morgan fingerprint density at radius 3 is 2.47 bits per heavy atom. The number of carbonyl (C=O) groups is 2. The first kappa shape index (κ1) is 22.2. The predicted octanol–water partition coefficient (Wildman–Crippen LogP) is 3.11. The fraction of sp³-hybridized carbons (Fsp3) is 0.286. The van der Waals surface area contributed by atoms with Crippen molar-refractivity contribution in [2.45, 2.75) is 0 Å². The van der Waals surface area contributed by atoms with Crippen LogP contribution in [0.4, 0.5) is 11.4 Å². The summed E-state index contributed by atoms with van der Waals surface area (Å²) in [5.74, 6) is -0.758. The van der Waals surface area contributed by atoms with Crippen molar-refractivity contribution in [3.05, 3.63) is 58.1 Å². The van der Waals surface area contributed by atoms with Crippen LogP contribution in [0, 0.1) is 0 Å². The van der Waals surface area contributed by atoms with E-state index in [1.807, 2.05) is 12.1 Å². The van der Waals surface area contributed by atoms with Gasteiger partial charge in [-0.25, -0.2) is 4.79 Å². The van der Waals surface area contributed by atoms with Crippen molar-refractivity contribution in [2.24, 2.45) is 0 Å². The van der Waals surface area contributed by atoms with Crippen molar-refractivity contribution in [3.8, 4) is 0 Å². The highest BCUT2D eigenvalue weighted by Gasteiger charge is 2.20. The van der Waals surface area contributed by atoms with E-state index < -0.39 is 5.97 Å². The highest BCUT2D eigenvalue weighted by atomic mass is 79.9. The second-order valence-corrected chi connectivity index (χ2v) is 8.26. The lowest BCUT2D eigenvalue weighted by Crippen LogP contribution is -2.45. The minimum Gasteiger partial charge on any atom is -0.465 e. The second kappa shape index (κ2) is 10.0. The number of hydrogen-bond donors (Lipinski definition) is 2. The molecule has 1 aliphatic heterocycles. The summed E-state index contributed by atoms with van der Waals surface area (Å²) >= 11 is 8.72. The number of methoxy groups -OCH3 is 1. The van der Waals surface area contributed by atoms with Gasteiger partial charge in [-0.2, -0.15) is 0 Å².